The van der Waals surface area contributed by atoms with Crippen molar-refractivity contribution >= 4 is 18.3 Å². The number of carbonyl (C=O) groups excluding carboxylic acids is 1. The Labute approximate surface area is 132 Å². The van der Waals surface area contributed by atoms with Gasteiger partial charge in [-0.1, -0.05) is 19.1 Å². The van der Waals surface area contributed by atoms with E-state index in [1.54, 1.807) is 0 Å². The first-order chi connectivity index (χ1) is 9.59. The molecule has 1 aromatic rings. The van der Waals surface area contributed by atoms with Crippen molar-refractivity contribution in [3.63, 3.8) is 0 Å². The lowest BCUT2D eigenvalue weighted by atomic mass is 9.90. The average Bonchev–Trinajstić information content (AvgIpc) is 3.05. The van der Waals surface area contributed by atoms with Gasteiger partial charge in [0.15, 0.2) is 0 Å². The molecule has 1 aromatic carbocycles. The molecule has 2 heterocycles. The molecule has 1 atom stereocenters. The van der Waals surface area contributed by atoms with Gasteiger partial charge in [0.1, 0.15) is 5.75 Å². The van der Waals surface area contributed by atoms with Crippen LogP contribution in [0.4, 0.5) is 0 Å². The summed E-state index contributed by atoms with van der Waals surface area (Å²) in [5.74, 6) is 1.18. The summed E-state index contributed by atoms with van der Waals surface area (Å²) < 4.78 is 5.49. The van der Waals surface area contributed by atoms with E-state index in [0.717, 1.165) is 43.9 Å². The number of halogens is 1. The van der Waals surface area contributed by atoms with Crippen LogP contribution in [0.1, 0.15) is 24.5 Å². The Morgan fingerprint density at radius 1 is 1.48 bits per heavy atom. The molecule has 116 valence electrons. The highest BCUT2D eigenvalue weighted by atomic mass is 35.5. The minimum absolute atomic E-state index is 0. The van der Waals surface area contributed by atoms with E-state index >= 15 is 0 Å². The molecule has 0 bridgehead atoms. The zero-order valence-corrected chi connectivity index (χ0v) is 13.2. The second-order valence-electron chi connectivity index (χ2n) is 6.30. The minimum Gasteiger partial charge on any atom is -0.493 e. The molecule has 2 N–H and O–H groups in total. The maximum Gasteiger partial charge on any atom is 0.227 e. The van der Waals surface area contributed by atoms with E-state index in [-0.39, 0.29) is 23.7 Å². The summed E-state index contributed by atoms with van der Waals surface area (Å²) in [7, 11) is 0. The zero-order valence-electron chi connectivity index (χ0n) is 12.4. The van der Waals surface area contributed by atoms with Crippen LogP contribution in [0.3, 0.4) is 0 Å². The first-order valence-electron chi connectivity index (χ1n) is 7.32. The van der Waals surface area contributed by atoms with E-state index in [9.17, 15) is 4.79 Å². The number of carbonyl (C=O) groups is 1. The standard InChI is InChI=1S/C16H22N2O2.ClH/c1-16(10-17)5-6-18(11-16)15(19)9-12-2-3-14-13(8-12)4-7-20-14;/h2-3,8H,4-7,9-11,17H2,1H3;1H. The van der Waals surface area contributed by atoms with Crippen molar-refractivity contribution < 1.29 is 9.53 Å². The average molecular weight is 311 g/mol. The molecule has 0 aliphatic carbocycles. The first-order valence-corrected chi connectivity index (χ1v) is 7.32. The van der Waals surface area contributed by atoms with Crippen molar-refractivity contribution in [2.45, 2.75) is 26.2 Å². The van der Waals surface area contributed by atoms with E-state index < -0.39 is 0 Å². The Balaban J connectivity index is 0.00000161. The Morgan fingerprint density at radius 2 is 2.29 bits per heavy atom. The maximum atomic E-state index is 12.4. The van der Waals surface area contributed by atoms with Gasteiger partial charge in [-0.25, -0.2) is 0 Å². The van der Waals surface area contributed by atoms with Crippen molar-refractivity contribution in [3.05, 3.63) is 29.3 Å². The number of rotatable bonds is 3. The summed E-state index contributed by atoms with van der Waals surface area (Å²) in [4.78, 5) is 14.3. The van der Waals surface area contributed by atoms with E-state index in [1.165, 1.54) is 5.56 Å². The van der Waals surface area contributed by atoms with Crippen molar-refractivity contribution in [1.29, 1.82) is 0 Å². The first kappa shape index (κ1) is 16.1. The molecule has 4 nitrogen and oxygen atoms in total. The Bertz CT molecular complexity index is 535. The highest BCUT2D eigenvalue weighted by Gasteiger charge is 2.34. The number of nitrogens with zero attached hydrogens (tertiary/aromatic N) is 1. The van der Waals surface area contributed by atoms with Gasteiger partial charge >= 0.3 is 0 Å². The van der Waals surface area contributed by atoms with E-state index in [1.807, 2.05) is 17.0 Å². The molecule has 0 aromatic heterocycles. The van der Waals surface area contributed by atoms with E-state index in [0.29, 0.717) is 13.0 Å². The third-order valence-corrected chi connectivity index (χ3v) is 4.51. The molecule has 0 saturated carbocycles. The van der Waals surface area contributed by atoms with E-state index in [2.05, 4.69) is 13.0 Å². The molecule has 2 aliphatic heterocycles. The summed E-state index contributed by atoms with van der Waals surface area (Å²) in [6.45, 7) is 5.19. The molecule has 0 spiro atoms. The molecule has 1 saturated heterocycles. The van der Waals surface area contributed by atoms with Crippen molar-refractivity contribution in [3.8, 4) is 5.75 Å². The van der Waals surface area contributed by atoms with Gasteiger partial charge < -0.3 is 15.4 Å². The molecule has 1 fully saturated rings. The molecular formula is C16H23ClN2O2. The summed E-state index contributed by atoms with van der Waals surface area (Å²) in [6.07, 6.45) is 2.44. The number of benzene rings is 1. The summed E-state index contributed by atoms with van der Waals surface area (Å²) in [5.41, 5.74) is 8.20. The molecule has 1 amide bonds. The summed E-state index contributed by atoms with van der Waals surface area (Å²) in [5, 5.41) is 0. The fourth-order valence-electron chi connectivity index (χ4n) is 3.04. The molecule has 5 heteroatoms. The van der Waals surface area contributed by atoms with Gasteiger partial charge in [-0.2, -0.15) is 0 Å². The smallest absolute Gasteiger partial charge is 0.227 e. The quantitative estimate of drug-likeness (QED) is 0.926. The third kappa shape index (κ3) is 3.33. The molecule has 3 rings (SSSR count). The predicted octanol–water partition coefficient (Wildman–Crippen LogP) is 1.78. The number of likely N-dealkylation sites (tertiary alicyclic amines) is 1. The largest absolute Gasteiger partial charge is 0.493 e. The molecule has 2 aliphatic rings. The van der Waals surface area contributed by atoms with Gasteiger partial charge in [0.25, 0.3) is 0 Å². The van der Waals surface area contributed by atoms with Crippen LogP contribution in [0, 0.1) is 5.41 Å². The van der Waals surface area contributed by atoms with Crippen LogP contribution in [0.25, 0.3) is 0 Å². The van der Waals surface area contributed by atoms with Crippen LogP contribution < -0.4 is 10.5 Å². The minimum atomic E-state index is 0. The van der Waals surface area contributed by atoms with Crippen molar-refractivity contribution in [2.75, 3.05) is 26.2 Å². The number of nitrogens with two attached hydrogens (primary N) is 1. The Kier molecular flexibility index (Phi) is 4.79. The normalized spacial score (nSPS) is 23.4. The van der Waals surface area contributed by atoms with Crippen LogP contribution in [-0.2, 0) is 17.6 Å². The monoisotopic (exact) mass is 310 g/mol. The van der Waals surface area contributed by atoms with Crippen LogP contribution in [0.2, 0.25) is 0 Å². The maximum absolute atomic E-state index is 12.4. The highest BCUT2D eigenvalue weighted by molar-refractivity contribution is 5.85. The number of fused-ring (bicyclic) bond motifs is 1. The van der Waals surface area contributed by atoms with Crippen LogP contribution in [0.15, 0.2) is 18.2 Å². The number of amides is 1. The van der Waals surface area contributed by atoms with Crippen molar-refractivity contribution in [1.82, 2.24) is 4.90 Å². The molecule has 21 heavy (non-hydrogen) atoms. The lowest BCUT2D eigenvalue weighted by Crippen LogP contribution is -2.35. The summed E-state index contributed by atoms with van der Waals surface area (Å²) >= 11 is 0. The van der Waals surface area contributed by atoms with Gasteiger partial charge in [-0.05, 0) is 35.6 Å². The Morgan fingerprint density at radius 3 is 3.00 bits per heavy atom. The highest BCUT2D eigenvalue weighted by Crippen LogP contribution is 2.30. The fraction of sp³-hybridized carbons (Fsp3) is 0.562. The van der Waals surface area contributed by atoms with Gasteiger partial charge in [0.05, 0.1) is 13.0 Å². The zero-order chi connectivity index (χ0) is 14.2. The van der Waals surface area contributed by atoms with Crippen molar-refractivity contribution in [2.24, 2.45) is 11.1 Å². The number of ether oxygens (including phenoxy) is 1. The second kappa shape index (κ2) is 6.24. The lowest BCUT2D eigenvalue weighted by molar-refractivity contribution is -0.129. The molecular weight excluding hydrogens is 288 g/mol. The number of hydrogen-bond acceptors (Lipinski definition) is 3. The number of hydrogen-bond donors (Lipinski definition) is 1. The van der Waals surface area contributed by atoms with Gasteiger partial charge in [-0.15, -0.1) is 12.4 Å². The van der Waals surface area contributed by atoms with Gasteiger partial charge in [0, 0.05) is 19.5 Å². The van der Waals surface area contributed by atoms with Gasteiger partial charge in [-0.3, -0.25) is 4.79 Å². The lowest BCUT2D eigenvalue weighted by Gasteiger charge is -2.22. The third-order valence-electron chi connectivity index (χ3n) is 4.51. The van der Waals surface area contributed by atoms with E-state index in [4.69, 9.17) is 10.5 Å². The van der Waals surface area contributed by atoms with Crippen LogP contribution >= 0.6 is 12.4 Å². The van der Waals surface area contributed by atoms with Gasteiger partial charge in [0.2, 0.25) is 5.91 Å². The molecule has 1 unspecified atom stereocenters. The fourth-order valence-corrected chi connectivity index (χ4v) is 3.04. The molecule has 0 radical (unpaired) electrons. The van der Waals surface area contributed by atoms with Crippen LogP contribution in [-0.4, -0.2) is 37.0 Å². The SMILES string of the molecule is CC1(CN)CCN(C(=O)Cc2ccc3c(c2)CCO3)C1.Cl. The summed E-state index contributed by atoms with van der Waals surface area (Å²) in [6, 6.07) is 6.09. The Hall–Kier alpha value is -1.26. The topological polar surface area (TPSA) is 55.6 Å². The second-order valence-corrected chi connectivity index (χ2v) is 6.30. The van der Waals surface area contributed by atoms with Crippen LogP contribution in [0.5, 0.6) is 5.75 Å². The predicted molar refractivity (Wildman–Crippen MR) is 85.0 cm³/mol.